The predicted molar refractivity (Wildman–Crippen MR) is 431 cm³/mol. The van der Waals surface area contributed by atoms with Gasteiger partial charge in [-0.15, -0.1) is 0 Å². The van der Waals surface area contributed by atoms with Crippen LogP contribution >= 0.6 is 0 Å². The molecule has 1 spiro atoms. The van der Waals surface area contributed by atoms with Crippen molar-refractivity contribution in [2.24, 2.45) is 0 Å². The van der Waals surface area contributed by atoms with Crippen molar-refractivity contribution < 1.29 is 0 Å². The number of hydrogen-bond acceptors (Lipinski definition) is 2. The molecule has 103 heavy (non-hydrogen) atoms. The zero-order valence-electron chi connectivity index (χ0n) is 57.0. The lowest BCUT2D eigenvalue weighted by Crippen LogP contribution is -2.30. The Hall–Kier alpha value is -12.9. The van der Waals surface area contributed by atoms with Gasteiger partial charge in [-0.05, 0) is 200 Å². The Labute approximate surface area is 602 Å². The van der Waals surface area contributed by atoms with Crippen molar-refractivity contribution in [2.75, 3.05) is 9.80 Å². The Bertz CT molecular complexity index is 6080. The van der Waals surface area contributed by atoms with E-state index < -0.39 is 10.8 Å². The van der Waals surface area contributed by atoms with E-state index in [0.717, 1.165) is 51.7 Å². The molecule has 2 nitrogen and oxygen atoms in total. The zero-order chi connectivity index (χ0) is 68.3. The quantitative estimate of drug-likeness (QED) is 0.107. The van der Waals surface area contributed by atoms with E-state index in [0.29, 0.717) is 0 Å². The van der Waals surface area contributed by atoms with Crippen molar-refractivity contribution in [3.63, 3.8) is 0 Å². The third kappa shape index (κ3) is 9.13. The molecule has 0 N–H and O–H groups in total. The molecule has 4 aliphatic rings. The Morgan fingerprint density at radius 1 is 0.301 bits per heavy atom. The van der Waals surface area contributed by atoms with Gasteiger partial charge in [-0.25, -0.2) is 0 Å². The van der Waals surface area contributed by atoms with E-state index >= 15 is 0 Å². The highest BCUT2D eigenvalue weighted by Crippen LogP contribution is 2.65. The minimum Gasteiger partial charge on any atom is -0.310 e. The molecule has 0 aliphatic heterocycles. The van der Waals surface area contributed by atoms with Crippen molar-refractivity contribution in [1.82, 2.24) is 0 Å². The van der Waals surface area contributed by atoms with E-state index in [9.17, 15) is 0 Å². The van der Waals surface area contributed by atoms with Crippen LogP contribution in [0.1, 0.15) is 89.7 Å². The molecule has 0 aromatic heterocycles. The molecule has 4 atom stereocenters. The third-order valence-electron chi connectivity index (χ3n) is 23.2. The van der Waals surface area contributed by atoms with Gasteiger partial charge in [0.1, 0.15) is 0 Å². The Kier molecular flexibility index (Phi) is 14.0. The second-order valence-electron chi connectivity index (χ2n) is 28.2. The predicted octanol–water partition coefficient (Wildman–Crippen LogP) is 26.1. The van der Waals surface area contributed by atoms with Gasteiger partial charge in [-0.1, -0.05) is 329 Å². The van der Waals surface area contributed by atoms with Crippen LogP contribution in [0.25, 0.3) is 78.2 Å². The first-order valence-corrected chi connectivity index (χ1v) is 36.0. The zero-order valence-corrected chi connectivity index (χ0v) is 57.0. The number of benzene rings is 16. The summed E-state index contributed by atoms with van der Waals surface area (Å²) in [5, 5.41) is 4.73. The molecule has 484 valence electrons. The number of hydrogen-bond donors (Lipinski definition) is 0. The summed E-state index contributed by atoms with van der Waals surface area (Å²) in [6.45, 7) is 8.25. The molecule has 0 radical (unpaired) electrons. The van der Waals surface area contributed by atoms with Crippen LogP contribution in [0.3, 0.4) is 0 Å². The van der Waals surface area contributed by atoms with Crippen LogP contribution in [-0.2, 0) is 17.3 Å². The summed E-state index contributed by atoms with van der Waals surface area (Å²) in [6, 6.07) is 138. The first-order valence-electron chi connectivity index (χ1n) is 36.0. The van der Waals surface area contributed by atoms with Gasteiger partial charge in [0, 0.05) is 45.4 Å². The van der Waals surface area contributed by atoms with Gasteiger partial charge >= 0.3 is 0 Å². The molecule has 16 aromatic carbocycles. The molecule has 0 saturated carbocycles. The molecule has 4 unspecified atom stereocenters. The number of fused-ring (bicyclic) bond motifs is 18. The van der Waals surface area contributed by atoms with Crippen LogP contribution in [0.2, 0.25) is 0 Å². The maximum absolute atomic E-state index is 4.13. The van der Waals surface area contributed by atoms with E-state index in [1.54, 1.807) is 0 Å². The molecule has 2 heteroatoms. The van der Waals surface area contributed by atoms with Crippen molar-refractivity contribution >= 4 is 67.8 Å². The van der Waals surface area contributed by atoms with E-state index in [2.05, 4.69) is 387 Å². The minimum absolute atomic E-state index is 0.0180. The molecule has 4 aliphatic carbocycles. The maximum Gasteiger partial charge on any atom is 0.0727 e. The topological polar surface area (TPSA) is 6.48 Å². The van der Waals surface area contributed by atoms with Crippen LogP contribution in [0.15, 0.2) is 377 Å². The lowest BCUT2D eigenvalue weighted by molar-refractivity contribution is 0.629. The van der Waals surface area contributed by atoms with Crippen molar-refractivity contribution in [1.29, 1.82) is 0 Å². The van der Waals surface area contributed by atoms with Crippen LogP contribution < -0.4 is 9.80 Å². The van der Waals surface area contributed by atoms with E-state index in [1.165, 1.54) is 133 Å². The average Bonchev–Trinajstić information content (AvgIpc) is 1.51. The van der Waals surface area contributed by atoms with Gasteiger partial charge in [0.15, 0.2) is 0 Å². The second kappa shape index (κ2) is 23.9. The normalized spacial score (nSPS) is 16.2. The highest BCUT2D eigenvalue weighted by Gasteiger charge is 2.53. The van der Waals surface area contributed by atoms with Crippen LogP contribution in [0, 0.1) is 0 Å². The Balaban J connectivity index is 0.807. The average molecular weight is 1310 g/mol. The molecule has 16 aromatic rings. The van der Waals surface area contributed by atoms with Crippen molar-refractivity contribution in [3.05, 3.63) is 455 Å². The summed E-state index contributed by atoms with van der Waals surface area (Å²) < 4.78 is 0. The molecular weight excluding hydrogens is 1240 g/mol. The molecule has 0 bridgehead atoms. The SMILES string of the molecule is C=Cc1ccc(CC2(c3ccccc3)c3ccccc3-c3ccc(N(c4ccc5c(c4)C4(c6ccccc6-c6ccc(N(c7ccc8c(c7)C(C(c7ccccc7)c7ccc(C=C)cc7)c7ccccc7-8)c7cccc8ccccc78)cc64)c4ccccc4-5)c4cccc5ccccc45)cc32)cc1. The monoisotopic (exact) mass is 1310 g/mol. The lowest BCUT2D eigenvalue weighted by atomic mass is 9.68. The fourth-order valence-electron chi connectivity index (χ4n) is 18.8. The highest BCUT2D eigenvalue weighted by molar-refractivity contribution is 6.04. The van der Waals surface area contributed by atoms with Crippen molar-refractivity contribution in [2.45, 2.75) is 29.1 Å². The summed E-state index contributed by atoms with van der Waals surface area (Å²) in [7, 11) is 0. The molecular formula is C101H70N2. The van der Waals surface area contributed by atoms with E-state index in [4.69, 9.17) is 0 Å². The lowest BCUT2D eigenvalue weighted by Gasteiger charge is -2.35. The largest absolute Gasteiger partial charge is 0.310 e. The van der Waals surface area contributed by atoms with Gasteiger partial charge in [0.2, 0.25) is 0 Å². The van der Waals surface area contributed by atoms with Crippen LogP contribution in [-0.4, -0.2) is 0 Å². The maximum atomic E-state index is 4.13. The van der Waals surface area contributed by atoms with E-state index in [-0.39, 0.29) is 11.8 Å². The number of nitrogens with zero attached hydrogens (tertiary/aromatic N) is 2. The Morgan fingerprint density at radius 2 is 0.699 bits per heavy atom. The first-order chi connectivity index (χ1) is 51.0. The summed E-state index contributed by atoms with van der Waals surface area (Å²) in [5.41, 5.74) is 33.1. The van der Waals surface area contributed by atoms with Gasteiger partial charge in [0.05, 0.1) is 22.2 Å². The standard InChI is InChI=1S/C101H70N2/c1-3-66-45-47-68(48-46-66)65-100(73-31-9-6-10-32-73)90-40-20-17-36-82(90)85-58-54-75(62-93(85)100)103(97-44-24-30-70-26-12-14-34-79(70)97)77-56-60-87-84-38-19-22-42-92(84)101(95(87)64-77)91-41-21-18-37-83(91)86-59-55-76(63-94(86)101)102(96-43-23-29-69-25-11-13-33-78(69)96)74-53-57-81-80-35-15-16-39-88(80)99(89(81)61-74)98(71-27-7-5-8-28-71)72-51-49-67(4-2)50-52-72/h3-64,98-99H,1-2,65H2. The van der Waals surface area contributed by atoms with Crippen LogP contribution in [0.5, 0.6) is 0 Å². The minimum atomic E-state index is -0.726. The van der Waals surface area contributed by atoms with Crippen LogP contribution in [0.4, 0.5) is 34.1 Å². The van der Waals surface area contributed by atoms with Gasteiger partial charge in [0.25, 0.3) is 0 Å². The Morgan fingerprint density at radius 3 is 1.26 bits per heavy atom. The summed E-state index contributed by atoms with van der Waals surface area (Å²) >= 11 is 0. The van der Waals surface area contributed by atoms with Crippen molar-refractivity contribution in [3.8, 4) is 44.5 Å². The fraction of sp³-hybridized carbons (Fsp3) is 0.0495. The summed E-state index contributed by atoms with van der Waals surface area (Å²) in [6.07, 6.45) is 4.65. The summed E-state index contributed by atoms with van der Waals surface area (Å²) in [5.74, 6) is 0.0457. The highest BCUT2D eigenvalue weighted by atomic mass is 15.2. The van der Waals surface area contributed by atoms with Gasteiger partial charge in [-0.2, -0.15) is 0 Å². The molecule has 0 fully saturated rings. The van der Waals surface area contributed by atoms with Gasteiger partial charge in [-0.3, -0.25) is 0 Å². The van der Waals surface area contributed by atoms with Gasteiger partial charge < -0.3 is 9.80 Å². The smallest absolute Gasteiger partial charge is 0.0727 e. The van der Waals surface area contributed by atoms with E-state index in [1.807, 2.05) is 12.2 Å². The fourth-order valence-corrected chi connectivity index (χ4v) is 18.8. The molecule has 0 heterocycles. The molecule has 0 saturated heterocycles. The summed E-state index contributed by atoms with van der Waals surface area (Å²) in [4.78, 5) is 5.13. The number of rotatable bonds is 14. The molecule has 20 rings (SSSR count). The number of anilines is 6. The second-order valence-corrected chi connectivity index (χ2v) is 28.2. The first kappa shape index (κ1) is 60.1. The third-order valence-corrected chi connectivity index (χ3v) is 23.2. The molecule has 0 amide bonds.